The molecule has 4 N–H and O–H groups in total. The monoisotopic (exact) mass is 255 g/mol. The lowest BCUT2D eigenvalue weighted by molar-refractivity contribution is 0.0171. The van der Waals surface area contributed by atoms with Crippen LogP contribution < -0.4 is 0 Å². The van der Waals surface area contributed by atoms with Crippen molar-refractivity contribution >= 4 is 9.28 Å². The van der Waals surface area contributed by atoms with Crippen molar-refractivity contribution in [2.45, 2.75) is 12.2 Å². The Morgan fingerprint density at radius 1 is 1.00 bits per heavy atom. The smallest absolute Gasteiger partial charge is 0.394 e. The molecule has 0 aromatic heterocycles. The van der Waals surface area contributed by atoms with Gasteiger partial charge in [-0.05, 0) is 0 Å². The number of hydrogen-bond donors (Lipinski definition) is 4. The van der Waals surface area contributed by atoms with Gasteiger partial charge in [0, 0.05) is 7.11 Å². The Kier molecular flexibility index (Phi) is 10.1. The molecule has 0 aromatic rings. The lowest BCUT2D eigenvalue weighted by Gasteiger charge is -2.17. The highest BCUT2D eigenvalue weighted by Crippen LogP contribution is 1.95. The van der Waals surface area contributed by atoms with Crippen molar-refractivity contribution in [2.75, 3.05) is 39.8 Å². The summed E-state index contributed by atoms with van der Waals surface area (Å²) in [5.74, 6) is 0. The van der Waals surface area contributed by atoms with Crippen molar-refractivity contribution in [3.8, 4) is 0 Å². The first-order chi connectivity index (χ1) is 7.63. The molecular formula is C8H19O7Si. The van der Waals surface area contributed by atoms with Crippen molar-refractivity contribution in [1.29, 1.82) is 0 Å². The third-order valence-corrected chi connectivity index (χ3v) is 3.06. The summed E-state index contributed by atoms with van der Waals surface area (Å²) in [7, 11) is -0.295. The van der Waals surface area contributed by atoms with Gasteiger partial charge in [-0.2, -0.15) is 0 Å². The first kappa shape index (κ1) is 15.9. The Balaban J connectivity index is 3.78. The molecule has 0 rings (SSSR count). The highest BCUT2D eigenvalue weighted by atomic mass is 28.3. The number of aliphatic hydroxyl groups is 4. The lowest BCUT2D eigenvalue weighted by Crippen LogP contribution is -2.36. The number of ether oxygens (including phenoxy) is 1. The number of methoxy groups -OCH3 is 1. The Morgan fingerprint density at radius 3 is 1.75 bits per heavy atom. The van der Waals surface area contributed by atoms with E-state index in [9.17, 15) is 0 Å². The summed E-state index contributed by atoms with van der Waals surface area (Å²) < 4.78 is 15.2. The fourth-order valence-electron chi connectivity index (χ4n) is 0.727. The van der Waals surface area contributed by atoms with Crippen LogP contribution in [0.25, 0.3) is 0 Å². The van der Waals surface area contributed by atoms with Crippen LogP contribution in [0.1, 0.15) is 0 Å². The van der Waals surface area contributed by atoms with E-state index < -0.39 is 21.5 Å². The summed E-state index contributed by atoms with van der Waals surface area (Å²) in [6.07, 6.45) is -1.69. The SMILES string of the molecule is COC[Si](OCC(O)CO)OCC(O)CO. The van der Waals surface area contributed by atoms with Gasteiger partial charge in [0.05, 0.1) is 44.9 Å². The first-order valence-corrected chi connectivity index (χ1v) is 6.34. The Morgan fingerprint density at radius 2 is 1.44 bits per heavy atom. The molecule has 0 bridgehead atoms. The van der Waals surface area contributed by atoms with Crippen molar-refractivity contribution in [1.82, 2.24) is 0 Å². The Bertz CT molecular complexity index is 145. The van der Waals surface area contributed by atoms with Gasteiger partial charge < -0.3 is 34.0 Å². The standard InChI is InChI=1S/C8H19O7Si/c1-13-6-16(14-4-7(11)2-9)15-5-8(12)3-10/h7-12H,2-6H2,1H3. The second-order valence-corrected chi connectivity index (χ2v) is 4.71. The fourth-order valence-corrected chi connectivity index (χ4v) is 1.97. The van der Waals surface area contributed by atoms with Crippen LogP contribution in [0.15, 0.2) is 0 Å². The summed E-state index contributed by atoms with van der Waals surface area (Å²) in [6.45, 7) is -0.879. The minimum atomic E-state index is -1.77. The normalized spacial score (nSPS) is 15.4. The molecule has 97 valence electrons. The van der Waals surface area contributed by atoms with E-state index in [-0.39, 0.29) is 32.7 Å². The van der Waals surface area contributed by atoms with Gasteiger partial charge in [-0.1, -0.05) is 0 Å². The Labute approximate surface area is 96.0 Å². The van der Waals surface area contributed by atoms with Crippen LogP contribution >= 0.6 is 0 Å². The molecule has 1 radical (unpaired) electrons. The molecule has 0 heterocycles. The summed E-state index contributed by atoms with van der Waals surface area (Å²) in [5.41, 5.74) is 0. The Hall–Kier alpha value is -0.0631. The van der Waals surface area contributed by atoms with Crippen LogP contribution in [0.4, 0.5) is 0 Å². The van der Waals surface area contributed by atoms with E-state index in [1.165, 1.54) is 7.11 Å². The van der Waals surface area contributed by atoms with Gasteiger partial charge in [0.25, 0.3) is 0 Å². The van der Waals surface area contributed by atoms with E-state index >= 15 is 0 Å². The summed E-state index contributed by atoms with van der Waals surface area (Å²) in [5, 5.41) is 35.2. The molecule has 2 atom stereocenters. The highest BCUT2D eigenvalue weighted by Gasteiger charge is 2.19. The number of rotatable bonds is 10. The second-order valence-electron chi connectivity index (χ2n) is 3.10. The zero-order valence-electron chi connectivity index (χ0n) is 9.20. The summed E-state index contributed by atoms with van der Waals surface area (Å²) >= 11 is 0. The van der Waals surface area contributed by atoms with Gasteiger partial charge in [-0.25, -0.2) is 0 Å². The number of aliphatic hydroxyl groups excluding tert-OH is 4. The van der Waals surface area contributed by atoms with Gasteiger partial charge in [-0.15, -0.1) is 0 Å². The highest BCUT2D eigenvalue weighted by molar-refractivity contribution is 6.44. The van der Waals surface area contributed by atoms with Crippen LogP contribution in [-0.2, 0) is 13.6 Å². The maximum absolute atomic E-state index is 9.05. The van der Waals surface area contributed by atoms with Crippen LogP contribution in [0.3, 0.4) is 0 Å². The summed E-state index contributed by atoms with van der Waals surface area (Å²) in [4.78, 5) is 0. The third kappa shape index (κ3) is 8.13. The predicted molar refractivity (Wildman–Crippen MR) is 55.7 cm³/mol. The number of hydrogen-bond acceptors (Lipinski definition) is 7. The van der Waals surface area contributed by atoms with E-state index in [1.807, 2.05) is 0 Å². The van der Waals surface area contributed by atoms with Crippen molar-refractivity contribution in [3.63, 3.8) is 0 Å². The molecule has 0 aliphatic carbocycles. The van der Waals surface area contributed by atoms with Crippen LogP contribution in [0.5, 0.6) is 0 Å². The van der Waals surface area contributed by atoms with Gasteiger partial charge in [0.2, 0.25) is 0 Å². The quantitative estimate of drug-likeness (QED) is 0.317. The van der Waals surface area contributed by atoms with Gasteiger partial charge in [0.1, 0.15) is 0 Å². The fraction of sp³-hybridized carbons (Fsp3) is 1.00. The molecule has 0 spiro atoms. The van der Waals surface area contributed by atoms with E-state index in [1.54, 1.807) is 0 Å². The molecule has 0 aliphatic heterocycles. The van der Waals surface area contributed by atoms with E-state index in [2.05, 4.69) is 0 Å². The molecule has 2 unspecified atom stereocenters. The van der Waals surface area contributed by atoms with E-state index in [4.69, 9.17) is 34.0 Å². The first-order valence-electron chi connectivity index (χ1n) is 4.82. The topological polar surface area (TPSA) is 109 Å². The van der Waals surface area contributed by atoms with Crippen LogP contribution in [-0.4, -0.2) is 81.7 Å². The molecule has 0 saturated carbocycles. The van der Waals surface area contributed by atoms with Crippen molar-refractivity contribution in [2.24, 2.45) is 0 Å². The van der Waals surface area contributed by atoms with Crippen molar-refractivity contribution in [3.05, 3.63) is 0 Å². The molecule has 7 nitrogen and oxygen atoms in total. The lowest BCUT2D eigenvalue weighted by atomic mass is 10.4. The molecule has 0 amide bonds. The summed E-state index contributed by atoms with van der Waals surface area (Å²) in [6, 6.07) is 0. The maximum atomic E-state index is 9.05. The molecule has 0 aromatic carbocycles. The van der Waals surface area contributed by atoms with Gasteiger partial charge >= 0.3 is 9.28 Å². The van der Waals surface area contributed by atoms with Gasteiger partial charge in [0.15, 0.2) is 0 Å². The zero-order valence-corrected chi connectivity index (χ0v) is 10.2. The van der Waals surface area contributed by atoms with Crippen LogP contribution in [0.2, 0.25) is 0 Å². The minimum absolute atomic E-state index is 0.0522. The molecule has 16 heavy (non-hydrogen) atoms. The molecule has 8 heteroatoms. The van der Waals surface area contributed by atoms with E-state index in [0.717, 1.165) is 0 Å². The second kappa shape index (κ2) is 10.1. The molecular weight excluding hydrogens is 236 g/mol. The average molecular weight is 255 g/mol. The largest absolute Gasteiger partial charge is 0.413 e. The predicted octanol–water partition coefficient (Wildman–Crippen LogP) is -2.60. The minimum Gasteiger partial charge on any atom is -0.394 e. The average Bonchev–Trinajstić information content (AvgIpc) is 2.31. The maximum Gasteiger partial charge on any atom is 0.413 e. The van der Waals surface area contributed by atoms with Crippen molar-refractivity contribution < 1.29 is 34.0 Å². The molecule has 0 fully saturated rings. The van der Waals surface area contributed by atoms with Gasteiger partial charge in [-0.3, -0.25) is 0 Å². The van der Waals surface area contributed by atoms with Crippen LogP contribution in [0, 0.1) is 0 Å². The molecule has 0 saturated heterocycles. The third-order valence-electron chi connectivity index (χ3n) is 1.56. The zero-order chi connectivity index (χ0) is 12.4. The molecule has 0 aliphatic rings. The van der Waals surface area contributed by atoms with E-state index in [0.29, 0.717) is 0 Å².